The molecule has 0 saturated heterocycles. The summed E-state index contributed by atoms with van der Waals surface area (Å²) in [5.74, 6) is 0.353. The minimum absolute atomic E-state index is 0.177. The van der Waals surface area contributed by atoms with Crippen molar-refractivity contribution in [2.24, 2.45) is 9.98 Å². The van der Waals surface area contributed by atoms with Gasteiger partial charge in [-0.05, 0) is 101 Å². The predicted octanol–water partition coefficient (Wildman–Crippen LogP) is 15.0. The Kier molecular flexibility index (Phi) is 7.77. The molecule has 0 unspecified atom stereocenters. The molecule has 1 heterocycles. The Morgan fingerprint density at radius 1 is 0.258 bits per heavy atom. The molecule has 0 radical (unpaired) electrons. The van der Waals surface area contributed by atoms with E-state index in [4.69, 9.17) is 9.98 Å². The standard InChI is InChI=1S/C60H38N2/c1-3-15-43-35-55-53(33-41(43)13-1)59(39-29-25-37(26-30-39)57-49-21-9-5-17-45(49)46-18-6-10-22-50(46)57)62-56-36-44-16-4-2-14-42(44)34-54(56)60(61-55)40-31-27-38(28-32-40)58-51-23-11-7-19-47(51)48-20-8-12-24-52(48)58/h1-36,57-58H/b59-53?,60-54?,61-55?,61-60-,62-56?,62-59-. The van der Waals surface area contributed by atoms with Gasteiger partial charge in [0.25, 0.3) is 0 Å². The maximum atomic E-state index is 5.71. The predicted molar refractivity (Wildman–Crippen MR) is 257 cm³/mol. The average molecular weight is 787 g/mol. The second-order valence-electron chi connectivity index (χ2n) is 16.8. The molecule has 0 fully saturated rings. The van der Waals surface area contributed by atoms with Crippen molar-refractivity contribution >= 4 is 44.3 Å². The number of aliphatic imine (C=N–C) groups is 2. The van der Waals surface area contributed by atoms with Crippen molar-refractivity contribution < 1.29 is 0 Å². The molecular formula is C60H38N2. The number of rotatable bonds is 4. The fourth-order valence-corrected chi connectivity index (χ4v) is 10.5. The van der Waals surface area contributed by atoms with E-state index in [0.717, 1.165) is 66.6 Å². The van der Waals surface area contributed by atoms with Gasteiger partial charge in [0.05, 0.1) is 22.8 Å². The van der Waals surface area contributed by atoms with Crippen LogP contribution in [0.4, 0.5) is 11.4 Å². The highest BCUT2D eigenvalue weighted by molar-refractivity contribution is 6.24. The molecule has 2 heteroatoms. The van der Waals surface area contributed by atoms with Gasteiger partial charge in [-0.3, -0.25) is 0 Å². The smallest absolute Gasteiger partial charge is 0.0803 e. The zero-order valence-electron chi connectivity index (χ0n) is 33.8. The monoisotopic (exact) mass is 786 g/mol. The first-order valence-electron chi connectivity index (χ1n) is 21.5. The van der Waals surface area contributed by atoms with E-state index < -0.39 is 0 Å². The van der Waals surface area contributed by atoms with Gasteiger partial charge in [0, 0.05) is 34.1 Å². The lowest BCUT2D eigenvalue weighted by Crippen LogP contribution is -2.11. The molecule has 13 rings (SSSR count). The molecule has 10 aromatic carbocycles. The molecule has 0 bridgehead atoms. The number of fused-ring (bicyclic) bond motifs is 10. The third kappa shape index (κ3) is 5.43. The van der Waals surface area contributed by atoms with Crippen LogP contribution in [0, 0.1) is 0 Å². The Morgan fingerprint density at radius 2 is 0.548 bits per heavy atom. The summed E-state index contributed by atoms with van der Waals surface area (Å²) in [5, 5.41) is 4.62. The first kappa shape index (κ1) is 34.9. The normalized spacial score (nSPS) is 15.5. The summed E-state index contributed by atoms with van der Waals surface area (Å²) in [4.78, 5) is 11.4. The summed E-state index contributed by atoms with van der Waals surface area (Å²) in [5.41, 5.74) is 21.1. The molecular weight excluding hydrogens is 749 g/mol. The van der Waals surface area contributed by atoms with Crippen LogP contribution in [0.25, 0.3) is 43.8 Å². The third-order valence-electron chi connectivity index (χ3n) is 13.4. The number of hydrogen-bond donors (Lipinski definition) is 0. The minimum atomic E-state index is 0.177. The zero-order valence-corrected chi connectivity index (χ0v) is 33.8. The van der Waals surface area contributed by atoms with Crippen molar-refractivity contribution in [2.45, 2.75) is 11.8 Å². The van der Waals surface area contributed by atoms with Crippen molar-refractivity contribution in [2.75, 3.05) is 0 Å². The summed E-state index contributed by atoms with van der Waals surface area (Å²) in [6.45, 7) is 0. The molecule has 2 nitrogen and oxygen atoms in total. The van der Waals surface area contributed by atoms with E-state index in [1.165, 1.54) is 55.6 Å². The van der Waals surface area contributed by atoms with E-state index in [2.05, 4.69) is 218 Å². The Morgan fingerprint density at radius 3 is 0.887 bits per heavy atom. The van der Waals surface area contributed by atoms with Crippen molar-refractivity contribution in [1.29, 1.82) is 0 Å². The largest absolute Gasteiger partial charge is 0.247 e. The molecule has 0 spiro atoms. The van der Waals surface area contributed by atoms with Gasteiger partial charge < -0.3 is 0 Å². The molecule has 0 aromatic heterocycles. The molecule has 2 aliphatic carbocycles. The molecule has 0 atom stereocenters. The van der Waals surface area contributed by atoms with Crippen LogP contribution < -0.4 is 0 Å². The Balaban J connectivity index is 0.979. The lowest BCUT2D eigenvalue weighted by atomic mass is 9.87. The van der Waals surface area contributed by atoms with E-state index in [1.54, 1.807) is 0 Å². The Bertz CT molecular complexity index is 3190. The summed E-state index contributed by atoms with van der Waals surface area (Å²) in [6.07, 6.45) is 0. The van der Waals surface area contributed by atoms with E-state index in [0.29, 0.717) is 0 Å². The van der Waals surface area contributed by atoms with Gasteiger partial charge in [0.1, 0.15) is 0 Å². The van der Waals surface area contributed by atoms with Crippen LogP contribution in [0.5, 0.6) is 0 Å². The van der Waals surface area contributed by atoms with E-state index in [9.17, 15) is 0 Å². The highest BCUT2D eigenvalue weighted by Gasteiger charge is 2.31. The van der Waals surface area contributed by atoms with Crippen LogP contribution in [-0.4, -0.2) is 11.4 Å². The van der Waals surface area contributed by atoms with Crippen LogP contribution in [0.2, 0.25) is 0 Å². The second-order valence-corrected chi connectivity index (χ2v) is 16.8. The Labute approximate surface area is 360 Å². The van der Waals surface area contributed by atoms with Crippen LogP contribution >= 0.6 is 0 Å². The molecule has 10 aromatic rings. The lowest BCUT2D eigenvalue weighted by Gasteiger charge is -2.21. The van der Waals surface area contributed by atoms with Crippen molar-refractivity contribution in [3.8, 4) is 22.3 Å². The quantitative estimate of drug-likeness (QED) is 0.170. The lowest BCUT2D eigenvalue weighted by molar-refractivity contribution is 1.01. The van der Waals surface area contributed by atoms with Crippen LogP contribution in [-0.2, 0) is 0 Å². The molecule has 1 aliphatic heterocycles. The fourth-order valence-electron chi connectivity index (χ4n) is 10.5. The second kappa shape index (κ2) is 13.8. The number of benzene rings is 10. The van der Waals surface area contributed by atoms with Crippen molar-refractivity contribution in [3.63, 3.8) is 0 Å². The molecule has 288 valence electrons. The molecule has 3 aliphatic rings. The average Bonchev–Trinajstić information content (AvgIpc) is 3.85. The first-order valence-corrected chi connectivity index (χ1v) is 21.5. The van der Waals surface area contributed by atoms with E-state index >= 15 is 0 Å². The van der Waals surface area contributed by atoms with Gasteiger partial charge in [-0.25, -0.2) is 9.98 Å². The Hall–Kier alpha value is -7.94. The fraction of sp³-hybridized carbons (Fsp3) is 0.0333. The zero-order chi connectivity index (χ0) is 40.7. The molecule has 62 heavy (non-hydrogen) atoms. The summed E-state index contributed by atoms with van der Waals surface area (Å²) < 4.78 is 0. The first-order chi connectivity index (χ1) is 30.7. The minimum Gasteiger partial charge on any atom is -0.247 e. The van der Waals surface area contributed by atoms with E-state index in [1.807, 2.05) is 0 Å². The number of hydrogen-bond acceptors (Lipinski definition) is 2. The van der Waals surface area contributed by atoms with Crippen LogP contribution in [0.3, 0.4) is 0 Å². The molecule has 0 N–H and O–H groups in total. The topological polar surface area (TPSA) is 24.7 Å². The van der Waals surface area contributed by atoms with Gasteiger partial charge in [-0.1, -0.05) is 194 Å². The van der Waals surface area contributed by atoms with Crippen LogP contribution in [0.15, 0.2) is 228 Å². The van der Waals surface area contributed by atoms with Crippen molar-refractivity contribution in [1.82, 2.24) is 0 Å². The maximum Gasteiger partial charge on any atom is 0.0803 e. The maximum absolute atomic E-state index is 5.71. The highest BCUT2D eigenvalue weighted by atomic mass is 14.8. The van der Waals surface area contributed by atoms with Gasteiger partial charge in [0.2, 0.25) is 0 Å². The van der Waals surface area contributed by atoms with Gasteiger partial charge in [-0.2, -0.15) is 0 Å². The molecule has 0 saturated carbocycles. The summed E-state index contributed by atoms with van der Waals surface area (Å²) in [7, 11) is 0. The van der Waals surface area contributed by atoms with Crippen molar-refractivity contribution in [3.05, 3.63) is 274 Å². The highest BCUT2D eigenvalue weighted by Crippen LogP contribution is 2.49. The summed E-state index contributed by atoms with van der Waals surface area (Å²) in [6, 6.07) is 79.9. The SMILES string of the molecule is c1ccc2c(c1)-c1ccccc1C2c1ccc(/C2=N/c3cc4ccccc4cc3/C(c3ccc(C4c5ccccc5-c5ccccc54)cc3)=N\c3cc4ccccc4cc32)cc1. The number of nitrogens with zero attached hydrogens (tertiary/aromatic N) is 2. The summed E-state index contributed by atoms with van der Waals surface area (Å²) >= 11 is 0. The van der Waals surface area contributed by atoms with Gasteiger partial charge >= 0.3 is 0 Å². The molecule has 0 amide bonds. The van der Waals surface area contributed by atoms with E-state index in [-0.39, 0.29) is 11.8 Å². The third-order valence-corrected chi connectivity index (χ3v) is 13.4. The van der Waals surface area contributed by atoms with Gasteiger partial charge in [0.15, 0.2) is 0 Å². The van der Waals surface area contributed by atoms with Crippen LogP contribution in [0.1, 0.15) is 67.5 Å². The van der Waals surface area contributed by atoms with Gasteiger partial charge in [-0.15, -0.1) is 0 Å².